The van der Waals surface area contributed by atoms with Gasteiger partial charge in [-0.1, -0.05) is 35.9 Å². The van der Waals surface area contributed by atoms with Crippen molar-refractivity contribution >= 4 is 11.6 Å². The van der Waals surface area contributed by atoms with Crippen molar-refractivity contribution in [2.45, 2.75) is 13.5 Å². The summed E-state index contributed by atoms with van der Waals surface area (Å²) in [5.74, 6) is 0.791. The van der Waals surface area contributed by atoms with Gasteiger partial charge in [-0.25, -0.2) is 0 Å². The molecular weight excluding hydrogens is 246 g/mol. The Kier molecular flexibility index (Phi) is 3.86. The summed E-state index contributed by atoms with van der Waals surface area (Å²) in [5.41, 5.74) is 2.41. The Hall–Kier alpha value is -1.98. The maximum absolute atomic E-state index is 9.05. The molecule has 2 nitrogen and oxygen atoms in total. The number of nitrogens with zero attached hydrogens (tertiary/aromatic N) is 1. The molecule has 2 rings (SSSR count). The van der Waals surface area contributed by atoms with Gasteiger partial charge in [0.25, 0.3) is 0 Å². The smallest absolute Gasteiger partial charge is 0.120 e. The van der Waals surface area contributed by atoms with Gasteiger partial charge in [0, 0.05) is 5.56 Å². The molecule has 0 spiro atoms. The fraction of sp³-hybridized carbons (Fsp3) is 0.133. The molecule has 0 N–H and O–H groups in total. The van der Waals surface area contributed by atoms with Crippen LogP contribution in [0.1, 0.15) is 16.7 Å². The van der Waals surface area contributed by atoms with Gasteiger partial charge in [-0.2, -0.15) is 5.26 Å². The third-order valence-corrected chi connectivity index (χ3v) is 2.91. The summed E-state index contributed by atoms with van der Waals surface area (Å²) >= 11 is 5.96. The molecule has 0 amide bonds. The van der Waals surface area contributed by atoms with Crippen LogP contribution in [-0.4, -0.2) is 0 Å². The van der Waals surface area contributed by atoms with E-state index in [1.165, 1.54) is 0 Å². The van der Waals surface area contributed by atoms with E-state index in [2.05, 4.69) is 6.07 Å². The molecule has 0 fully saturated rings. The normalized spacial score (nSPS) is 9.83. The molecule has 0 aliphatic heterocycles. The van der Waals surface area contributed by atoms with Crippen LogP contribution in [0.5, 0.6) is 5.75 Å². The van der Waals surface area contributed by atoms with Gasteiger partial charge in [0.1, 0.15) is 18.4 Å². The van der Waals surface area contributed by atoms with Gasteiger partial charge in [0.2, 0.25) is 0 Å². The quantitative estimate of drug-likeness (QED) is 0.829. The first-order chi connectivity index (χ1) is 8.70. The van der Waals surface area contributed by atoms with Crippen LogP contribution in [0.15, 0.2) is 42.5 Å². The van der Waals surface area contributed by atoms with Crippen LogP contribution < -0.4 is 4.74 Å². The monoisotopic (exact) mass is 257 g/mol. The Bertz CT molecular complexity index is 602. The highest BCUT2D eigenvalue weighted by Crippen LogP contribution is 2.21. The first kappa shape index (κ1) is 12.5. The number of ether oxygens (including phenoxy) is 1. The Labute approximate surface area is 111 Å². The van der Waals surface area contributed by atoms with Crippen LogP contribution in [0.25, 0.3) is 0 Å². The summed E-state index contributed by atoms with van der Waals surface area (Å²) in [5, 5.41) is 9.51. The molecule has 2 aromatic carbocycles. The molecular formula is C15H12ClNO. The minimum atomic E-state index is 0.340. The van der Waals surface area contributed by atoms with Crippen LogP contribution >= 0.6 is 11.6 Å². The summed E-state index contributed by atoms with van der Waals surface area (Å²) in [6.45, 7) is 2.35. The average molecular weight is 258 g/mol. The SMILES string of the molecule is Cc1cccc(OCc2cccc(Cl)c2C#N)c1. The molecule has 2 aromatic rings. The lowest BCUT2D eigenvalue weighted by molar-refractivity contribution is 0.305. The first-order valence-electron chi connectivity index (χ1n) is 5.57. The van der Waals surface area contributed by atoms with E-state index in [4.69, 9.17) is 21.6 Å². The standard InChI is InChI=1S/C15H12ClNO/c1-11-4-2-6-13(8-11)18-10-12-5-3-7-15(16)14(12)9-17/h2-8H,10H2,1H3. The van der Waals surface area contributed by atoms with Crippen molar-refractivity contribution in [2.75, 3.05) is 0 Å². The molecule has 0 unspecified atom stereocenters. The van der Waals surface area contributed by atoms with E-state index < -0.39 is 0 Å². The van der Waals surface area contributed by atoms with Crippen LogP contribution in [0.4, 0.5) is 0 Å². The maximum atomic E-state index is 9.05. The zero-order valence-electron chi connectivity index (χ0n) is 9.98. The van der Waals surface area contributed by atoms with Crippen LogP contribution in [-0.2, 0) is 6.61 Å². The zero-order valence-corrected chi connectivity index (χ0v) is 10.7. The minimum absolute atomic E-state index is 0.340. The molecule has 0 aliphatic carbocycles. The highest BCUT2D eigenvalue weighted by Gasteiger charge is 2.06. The Balaban J connectivity index is 2.16. The van der Waals surface area contributed by atoms with Crippen molar-refractivity contribution in [1.29, 1.82) is 5.26 Å². The molecule has 0 saturated heterocycles. The molecule has 0 aromatic heterocycles. The average Bonchev–Trinajstić information content (AvgIpc) is 2.36. The van der Waals surface area contributed by atoms with E-state index in [0.29, 0.717) is 17.2 Å². The van der Waals surface area contributed by atoms with Gasteiger partial charge < -0.3 is 4.74 Å². The highest BCUT2D eigenvalue weighted by atomic mass is 35.5. The van der Waals surface area contributed by atoms with E-state index in [1.54, 1.807) is 6.07 Å². The maximum Gasteiger partial charge on any atom is 0.120 e. The molecule has 0 radical (unpaired) electrons. The molecule has 3 heteroatoms. The Morgan fingerprint density at radius 2 is 2.00 bits per heavy atom. The van der Waals surface area contributed by atoms with E-state index in [1.807, 2.05) is 43.3 Å². The summed E-state index contributed by atoms with van der Waals surface area (Å²) in [6.07, 6.45) is 0. The lowest BCUT2D eigenvalue weighted by atomic mass is 10.1. The van der Waals surface area contributed by atoms with Crippen LogP contribution in [0.3, 0.4) is 0 Å². The molecule has 0 aliphatic rings. The largest absolute Gasteiger partial charge is 0.489 e. The number of rotatable bonds is 3. The van der Waals surface area contributed by atoms with Crippen molar-refractivity contribution in [3.05, 3.63) is 64.2 Å². The van der Waals surface area contributed by atoms with Crippen molar-refractivity contribution in [3.63, 3.8) is 0 Å². The second-order valence-corrected chi connectivity index (χ2v) is 4.40. The number of hydrogen-bond donors (Lipinski definition) is 0. The predicted octanol–water partition coefficient (Wildman–Crippen LogP) is 4.10. The first-order valence-corrected chi connectivity index (χ1v) is 5.95. The third-order valence-electron chi connectivity index (χ3n) is 2.60. The highest BCUT2D eigenvalue weighted by molar-refractivity contribution is 6.31. The lowest BCUT2D eigenvalue weighted by Gasteiger charge is -2.08. The van der Waals surface area contributed by atoms with Crippen LogP contribution in [0.2, 0.25) is 5.02 Å². The Morgan fingerprint density at radius 1 is 1.22 bits per heavy atom. The number of halogens is 1. The Morgan fingerprint density at radius 3 is 2.72 bits per heavy atom. The molecule has 0 atom stereocenters. The summed E-state index contributed by atoms with van der Waals surface area (Å²) in [4.78, 5) is 0. The third kappa shape index (κ3) is 2.82. The van der Waals surface area contributed by atoms with Crippen LogP contribution in [0, 0.1) is 18.3 Å². The minimum Gasteiger partial charge on any atom is -0.489 e. The molecule has 0 saturated carbocycles. The number of hydrogen-bond acceptors (Lipinski definition) is 2. The van der Waals surface area contributed by atoms with Crippen molar-refractivity contribution in [3.8, 4) is 11.8 Å². The second kappa shape index (κ2) is 5.57. The van der Waals surface area contributed by atoms with Gasteiger partial charge in [-0.3, -0.25) is 0 Å². The van der Waals surface area contributed by atoms with Gasteiger partial charge >= 0.3 is 0 Å². The molecule has 18 heavy (non-hydrogen) atoms. The summed E-state index contributed by atoms with van der Waals surface area (Å²) in [6, 6.07) is 15.3. The van der Waals surface area contributed by atoms with Crippen molar-refractivity contribution in [1.82, 2.24) is 0 Å². The van der Waals surface area contributed by atoms with E-state index >= 15 is 0 Å². The van der Waals surface area contributed by atoms with E-state index in [0.717, 1.165) is 16.9 Å². The topological polar surface area (TPSA) is 33.0 Å². The fourth-order valence-corrected chi connectivity index (χ4v) is 1.92. The summed E-state index contributed by atoms with van der Waals surface area (Å²) < 4.78 is 5.66. The van der Waals surface area contributed by atoms with E-state index in [9.17, 15) is 0 Å². The molecule has 0 heterocycles. The second-order valence-electron chi connectivity index (χ2n) is 3.99. The zero-order chi connectivity index (χ0) is 13.0. The fourth-order valence-electron chi connectivity index (χ4n) is 1.68. The number of aryl methyl sites for hydroxylation is 1. The summed E-state index contributed by atoms with van der Waals surface area (Å²) in [7, 11) is 0. The predicted molar refractivity (Wildman–Crippen MR) is 71.7 cm³/mol. The lowest BCUT2D eigenvalue weighted by Crippen LogP contribution is -1.98. The van der Waals surface area contributed by atoms with Gasteiger partial charge in [0.15, 0.2) is 0 Å². The number of benzene rings is 2. The van der Waals surface area contributed by atoms with E-state index in [-0.39, 0.29) is 0 Å². The molecule has 90 valence electrons. The van der Waals surface area contributed by atoms with Gasteiger partial charge in [0.05, 0.1) is 10.6 Å². The number of nitriles is 1. The van der Waals surface area contributed by atoms with Gasteiger partial charge in [-0.15, -0.1) is 0 Å². The van der Waals surface area contributed by atoms with Crippen molar-refractivity contribution < 1.29 is 4.74 Å². The van der Waals surface area contributed by atoms with Gasteiger partial charge in [-0.05, 0) is 30.7 Å². The molecule has 0 bridgehead atoms. The van der Waals surface area contributed by atoms with Crippen molar-refractivity contribution in [2.24, 2.45) is 0 Å².